The first-order valence-electron chi connectivity index (χ1n) is 7.64. The quantitative estimate of drug-likeness (QED) is 0.818. The van der Waals surface area contributed by atoms with Gasteiger partial charge in [-0.3, -0.25) is 4.79 Å². The lowest BCUT2D eigenvalue weighted by Gasteiger charge is -2.22. The van der Waals surface area contributed by atoms with Crippen LogP contribution in [-0.4, -0.2) is 23.7 Å². The van der Waals surface area contributed by atoms with Gasteiger partial charge in [0, 0.05) is 0 Å². The lowest BCUT2D eigenvalue weighted by molar-refractivity contribution is -0.121. The van der Waals surface area contributed by atoms with E-state index in [0.29, 0.717) is 0 Å². The summed E-state index contributed by atoms with van der Waals surface area (Å²) >= 11 is 1.52. The molecule has 0 radical (unpaired) electrons. The molecule has 1 unspecified atom stereocenters. The first kappa shape index (κ1) is 17.5. The highest BCUT2D eigenvalue weighted by Gasteiger charge is 2.24. The molecular weight excluding hydrogens is 310 g/mol. The molecule has 2 N–H and O–H groups in total. The second-order valence-corrected chi connectivity index (χ2v) is 6.83. The number of nitrogens with one attached hydrogen (secondary N) is 1. The van der Waals surface area contributed by atoms with Crippen LogP contribution in [0.3, 0.4) is 0 Å². The summed E-state index contributed by atoms with van der Waals surface area (Å²) in [5.41, 5.74) is 0.643. The standard InChI is InChI=1S/C18H23NO3S/c1-13(2)22-16-6-4-5-14(9-16)10-17(20)19-12-18(3,21)15-7-8-23-11-15/h4-9,11,13,21H,10,12H2,1-3H3,(H,19,20). The van der Waals surface area contributed by atoms with Crippen molar-refractivity contribution in [2.24, 2.45) is 0 Å². The third kappa shape index (κ3) is 5.37. The summed E-state index contributed by atoms with van der Waals surface area (Å²) in [4.78, 5) is 12.1. The Hall–Kier alpha value is -1.85. The van der Waals surface area contributed by atoms with Crippen LogP contribution in [0.4, 0.5) is 0 Å². The average molecular weight is 333 g/mol. The number of carbonyl (C=O) groups is 1. The number of rotatable bonds is 7. The van der Waals surface area contributed by atoms with E-state index in [2.05, 4.69) is 5.32 Å². The first-order valence-corrected chi connectivity index (χ1v) is 8.58. The van der Waals surface area contributed by atoms with Crippen LogP contribution in [0, 0.1) is 0 Å². The van der Waals surface area contributed by atoms with Crippen molar-refractivity contribution in [3.05, 3.63) is 52.2 Å². The van der Waals surface area contributed by atoms with Crippen LogP contribution < -0.4 is 10.1 Å². The molecule has 1 heterocycles. The van der Waals surface area contributed by atoms with Crippen LogP contribution in [0.5, 0.6) is 5.75 Å². The highest BCUT2D eigenvalue weighted by atomic mass is 32.1. The number of hydrogen-bond donors (Lipinski definition) is 2. The molecule has 0 aliphatic heterocycles. The minimum atomic E-state index is -1.06. The number of ether oxygens (including phenoxy) is 1. The van der Waals surface area contributed by atoms with Gasteiger partial charge in [0.2, 0.25) is 5.91 Å². The van der Waals surface area contributed by atoms with E-state index in [0.717, 1.165) is 16.9 Å². The van der Waals surface area contributed by atoms with Gasteiger partial charge in [-0.25, -0.2) is 0 Å². The fraction of sp³-hybridized carbons (Fsp3) is 0.389. The molecule has 1 amide bonds. The minimum absolute atomic E-state index is 0.0970. The van der Waals surface area contributed by atoms with Gasteiger partial charge in [-0.2, -0.15) is 11.3 Å². The molecule has 0 bridgehead atoms. The van der Waals surface area contributed by atoms with E-state index in [1.165, 1.54) is 11.3 Å². The molecule has 4 nitrogen and oxygen atoms in total. The number of thiophene rings is 1. The molecule has 124 valence electrons. The fourth-order valence-corrected chi connectivity index (χ4v) is 2.98. The molecule has 2 rings (SSSR count). The summed E-state index contributed by atoms with van der Waals surface area (Å²) in [6.07, 6.45) is 0.356. The lowest BCUT2D eigenvalue weighted by Crippen LogP contribution is -2.39. The Morgan fingerprint density at radius 3 is 2.83 bits per heavy atom. The van der Waals surface area contributed by atoms with Gasteiger partial charge in [-0.1, -0.05) is 12.1 Å². The van der Waals surface area contributed by atoms with Gasteiger partial charge in [-0.15, -0.1) is 0 Å². The Bertz CT molecular complexity index is 635. The fourth-order valence-electron chi connectivity index (χ4n) is 2.19. The Kier molecular flexibility index (Phi) is 5.80. The van der Waals surface area contributed by atoms with Crippen LogP contribution in [0.25, 0.3) is 0 Å². The summed E-state index contributed by atoms with van der Waals surface area (Å²) in [6, 6.07) is 9.38. The Morgan fingerprint density at radius 2 is 2.17 bits per heavy atom. The summed E-state index contributed by atoms with van der Waals surface area (Å²) in [5, 5.41) is 17.0. The maximum absolute atomic E-state index is 12.1. The van der Waals surface area contributed by atoms with Crippen molar-refractivity contribution in [2.45, 2.75) is 38.9 Å². The average Bonchev–Trinajstić information content (AvgIpc) is 3.00. The van der Waals surface area contributed by atoms with E-state index in [9.17, 15) is 9.90 Å². The predicted octanol–water partition coefficient (Wildman–Crippen LogP) is 3.10. The van der Waals surface area contributed by atoms with Crippen molar-refractivity contribution in [3.8, 4) is 5.75 Å². The van der Waals surface area contributed by atoms with Gasteiger partial charge in [-0.05, 0) is 60.9 Å². The van der Waals surface area contributed by atoms with Crippen molar-refractivity contribution in [1.29, 1.82) is 0 Å². The Morgan fingerprint density at radius 1 is 1.39 bits per heavy atom. The molecule has 1 aromatic heterocycles. The summed E-state index contributed by atoms with van der Waals surface area (Å²) in [6.45, 7) is 5.81. The monoisotopic (exact) mass is 333 g/mol. The van der Waals surface area contributed by atoms with Gasteiger partial charge in [0.15, 0.2) is 0 Å². The third-order valence-corrected chi connectivity index (χ3v) is 4.09. The minimum Gasteiger partial charge on any atom is -0.491 e. The SMILES string of the molecule is CC(C)Oc1cccc(CC(=O)NCC(C)(O)c2ccsc2)c1. The van der Waals surface area contributed by atoms with Crippen molar-refractivity contribution < 1.29 is 14.6 Å². The van der Waals surface area contributed by atoms with E-state index in [1.807, 2.05) is 54.9 Å². The van der Waals surface area contributed by atoms with Gasteiger partial charge in [0.25, 0.3) is 0 Å². The zero-order chi connectivity index (χ0) is 16.9. The van der Waals surface area contributed by atoms with Crippen molar-refractivity contribution in [1.82, 2.24) is 5.32 Å². The van der Waals surface area contributed by atoms with Crippen molar-refractivity contribution in [3.63, 3.8) is 0 Å². The Balaban J connectivity index is 1.90. The smallest absolute Gasteiger partial charge is 0.224 e. The summed E-state index contributed by atoms with van der Waals surface area (Å²) in [7, 11) is 0. The molecule has 0 saturated carbocycles. The molecule has 0 spiro atoms. The Labute approximate surface area is 141 Å². The summed E-state index contributed by atoms with van der Waals surface area (Å²) in [5.74, 6) is 0.637. The normalized spacial score (nSPS) is 13.6. The number of benzene rings is 1. The topological polar surface area (TPSA) is 58.6 Å². The number of amides is 1. The molecule has 0 aliphatic rings. The van der Waals surface area contributed by atoms with Crippen LogP contribution in [0.2, 0.25) is 0 Å². The van der Waals surface area contributed by atoms with E-state index < -0.39 is 5.60 Å². The van der Waals surface area contributed by atoms with Crippen LogP contribution in [0.1, 0.15) is 31.9 Å². The molecule has 0 fully saturated rings. The van der Waals surface area contributed by atoms with Crippen LogP contribution in [-0.2, 0) is 16.8 Å². The zero-order valence-electron chi connectivity index (χ0n) is 13.7. The largest absolute Gasteiger partial charge is 0.491 e. The highest BCUT2D eigenvalue weighted by Crippen LogP contribution is 2.22. The lowest BCUT2D eigenvalue weighted by atomic mass is 9.99. The second kappa shape index (κ2) is 7.62. The van der Waals surface area contributed by atoms with Crippen LogP contribution in [0.15, 0.2) is 41.1 Å². The molecule has 0 saturated heterocycles. The summed E-state index contributed by atoms with van der Waals surface area (Å²) < 4.78 is 5.63. The highest BCUT2D eigenvalue weighted by molar-refractivity contribution is 7.08. The maximum atomic E-state index is 12.1. The molecule has 23 heavy (non-hydrogen) atoms. The van der Waals surface area contributed by atoms with Crippen LogP contribution >= 0.6 is 11.3 Å². The first-order chi connectivity index (χ1) is 10.9. The maximum Gasteiger partial charge on any atom is 0.224 e. The molecule has 2 aromatic rings. The third-order valence-electron chi connectivity index (χ3n) is 3.41. The van der Waals surface area contributed by atoms with Gasteiger partial charge in [0.05, 0.1) is 19.1 Å². The van der Waals surface area contributed by atoms with Gasteiger partial charge in [0.1, 0.15) is 11.4 Å². The van der Waals surface area contributed by atoms with E-state index in [-0.39, 0.29) is 25.0 Å². The predicted molar refractivity (Wildman–Crippen MR) is 92.8 cm³/mol. The van der Waals surface area contributed by atoms with Gasteiger partial charge < -0.3 is 15.2 Å². The number of hydrogen-bond acceptors (Lipinski definition) is 4. The molecule has 0 aliphatic carbocycles. The van der Waals surface area contributed by atoms with Crippen molar-refractivity contribution >= 4 is 17.2 Å². The van der Waals surface area contributed by atoms with E-state index in [4.69, 9.17) is 4.74 Å². The number of aliphatic hydroxyl groups is 1. The molecule has 1 aromatic carbocycles. The molecular formula is C18H23NO3S. The van der Waals surface area contributed by atoms with Crippen molar-refractivity contribution in [2.75, 3.05) is 6.54 Å². The molecule has 5 heteroatoms. The zero-order valence-corrected chi connectivity index (χ0v) is 14.5. The molecule has 1 atom stereocenters. The number of carbonyl (C=O) groups excluding carboxylic acids is 1. The second-order valence-electron chi connectivity index (χ2n) is 6.05. The van der Waals surface area contributed by atoms with Gasteiger partial charge >= 0.3 is 0 Å². The van der Waals surface area contributed by atoms with E-state index in [1.54, 1.807) is 6.92 Å². The van der Waals surface area contributed by atoms with E-state index >= 15 is 0 Å².